The van der Waals surface area contributed by atoms with Gasteiger partial charge in [0.2, 0.25) is 0 Å². The van der Waals surface area contributed by atoms with Gasteiger partial charge >= 0.3 is 0 Å². The van der Waals surface area contributed by atoms with Crippen LogP contribution in [0.3, 0.4) is 0 Å². The van der Waals surface area contributed by atoms with Crippen molar-refractivity contribution in [2.24, 2.45) is 0 Å². The molecule has 0 radical (unpaired) electrons. The summed E-state index contributed by atoms with van der Waals surface area (Å²) in [5.41, 5.74) is 9.14. The highest BCUT2D eigenvalue weighted by molar-refractivity contribution is 7.07. The van der Waals surface area contributed by atoms with Gasteiger partial charge in [-0.05, 0) is 166 Å². The molecule has 0 aromatic heterocycles. The van der Waals surface area contributed by atoms with Gasteiger partial charge in [-0.15, -0.1) is 0 Å². The Balaban J connectivity index is 1.31. The van der Waals surface area contributed by atoms with Crippen molar-refractivity contribution in [3.63, 3.8) is 0 Å². The molecule has 0 fully saturated rings. The van der Waals surface area contributed by atoms with Crippen LogP contribution in [0.1, 0.15) is 119 Å². The predicted molar refractivity (Wildman–Crippen MR) is 319 cm³/mol. The maximum Gasteiger partial charge on any atom is 0.288 e. The molecule has 0 unspecified atom stereocenters. The van der Waals surface area contributed by atoms with E-state index < -0.39 is 33.3 Å². The number of benzene rings is 6. The summed E-state index contributed by atoms with van der Waals surface area (Å²) in [5, 5.41) is 3.86. The van der Waals surface area contributed by atoms with Gasteiger partial charge in [0.25, 0.3) is 8.32 Å². The van der Waals surface area contributed by atoms with E-state index in [1.165, 1.54) is 0 Å². The van der Waals surface area contributed by atoms with Crippen molar-refractivity contribution in [2.75, 3.05) is 6.61 Å². The molecule has 0 saturated heterocycles. The van der Waals surface area contributed by atoms with E-state index in [-0.39, 0.29) is 15.1 Å². The van der Waals surface area contributed by atoms with Crippen molar-refractivity contribution in [3.8, 4) is 35.5 Å². The van der Waals surface area contributed by atoms with Gasteiger partial charge < -0.3 is 17.7 Å². The number of hydrogen-bond donors (Lipinski definition) is 0. The van der Waals surface area contributed by atoms with Crippen LogP contribution in [0.25, 0.3) is 0 Å². The molecule has 6 aromatic carbocycles. The van der Waals surface area contributed by atoms with Gasteiger partial charge in [0.05, 0.1) is 19.8 Å². The Bertz CT molecular complexity index is 2680. The summed E-state index contributed by atoms with van der Waals surface area (Å²) in [6.07, 6.45) is 0. The molecule has 0 aliphatic carbocycles. The standard InChI is InChI=1S/C65H80O4Si4/c1-17-66-73(60-39-33-51(34-40-60)27-30-54-21-18-24-57(45-54)48-67-70(11,12)63(2,3)4,61-41-35-52(36-42-61)28-31-55-22-19-25-58(46-55)49-68-71(13,14)64(5,6)7)62-43-37-53(38-44-62)29-32-56-23-20-26-59(47-56)50-69-72(15,16)65(8,9)10/h18-26,33-47H,17,48-50H2,1-16H3. The van der Waals surface area contributed by atoms with Gasteiger partial charge in [0, 0.05) is 40.0 Å². The highest BCUT2D eigenvalue weighted by Gasteiger charge is 2.42. The maximum atomic E-state index is 7.14. The van der Waals surface area contributed by atoms with Crippen molar-refractivity contribution in [2.45, 2.75) is 143 Å². The molecule has 0 atom stereocenters. The zero-order valence-electron chi connectivity index (χ0n) is 46.8. The van der Waals surface area contributed by atoms with Crippen LogP contribution in [-0.4, -0.2) is 39.9 Å². The van der Waals surface area contributed by atoms with E-state index in [0.717, 1.165) is 65.6 Å². The minimum atomic E-state index is -3.07. The van der Waals surface area contributed by atoms with Crippen LogP contribution in [-0.2, 0) is 37.5 Å². The molecule has 0 N–H and O–H groups in total. The molecule has 0 spiro atoms. The first-order chi connectivity index (χ1) is 34.2. The first kappa shape index (κ1) is 57.0. The topological polar surface area (TPSA) is 36.9 Å². The van der Waals surface area contributed by atoms with Gasteiger partial charge in [0.15, 0.2) is 25.0 Å². The molecule has 6 aromatic rings. The lowest BCUT2D eigenvalue weighted by molar-refractivity contribution is 0.276. The van der Waals surface area contributed by atoms with Crippen LogP contribution < -0.4 is 15.6 Å². The second kappa shape index (κ2) is 23.5. The molecular formula is C65H80O4Si4. The third-order valence-electron chi connectivity index (χ3n) is 15.3. The fourth-order valence-electron chi connectivity index (χ4n) is 7.42. The number of rotatable bonds is 14. The van der Waals surface area contributed by atoms with Crippen molar-refractivity contribution in [3.05, 3.63) is 196 Å². The van der Waals surface area contributed by atoms with Gasteiger partial charge in [-0.1, -0.05) is 171 Å². The van der Waals surface area contributed by atoms with Crippen LogP contribution in [0.15, 0.2) is 146 Å². The van der Waals surface area contributed by atoms with Gasteiger partial charge in [-0.2, -0.15) is 0 Å². The maximum absolute atomic E-state index is 7.14. The second-order valence-corrected chi connectivity index (χ2v) is 41.7. The fourth-order valence-corrected chi connectivity index (χ4v) is 14.1. The molecule has 0 saturated carbocycles. The summed E-state index contributed by atoms with van der Waals surface area (Å²) >= 11 is 0. The monoisotopic (exact) mass is 1040 g/mol. The summed E-state index contributed by atoms with van der Waals surface area (Å²) < 4.78 is 26.7. The van der Waals surface area contributed by atoms with Crippen LogP contribution >= 0.6 is 0 Å². The summed E-state index contributed by atoms with van der Waals surface area (Å²) in [7, 11) is -8.70. The first-order valence-electron chi connectivity index (χ1n) is 25.9. The van der Waals surface area contributed by atoms with E-state index in [2.05, 4.69) is 290 Å². The van der Waals surface area contributed by atoms with Crippen LogP contribution in [0, 0.1) is 35.5 Å². The van der Waals surface area contributed by atoms with E-state index in [9.17, 15) is 0 Å². The SMILES string of the molecule is CCO[Si](c1ccc(C#Cc2cccc(CO[Si](C)(C)C(C)(C)C)c2)cc1)(c1ccc(C#Cc2cccc(CO[Si](C)(C)C(C)(C)C)c2)cc1)c1ccc(C#Cc2cccc(CO[Si](C)(C)C(C)(C)C)c2)cc1. The van der Waals surface area contributed by atoms with E-state index in [0.29, 0.717) is 26.4 Å². The summed E-state index contributed by atoms with van der Waals surface area (Å²) in [6.45, 7) is 38.6. The Morgan fingerprint density at radius 2 is 0.575 bits per heavy atom. The number of hydrogen-bond acceptors (Lipinski definition) is 4. The lowest BCUT2D eigenvalue weighted by Gasteiger charge is -2.36. The van der Waals surface area contributed by atoms with Crippen molar-refractivity contribution < 1.29 is 17.7 Å². The van der Waals surface area contributed by atoms with E-state index in [1.807, 2.05) is 0 Å². The molecule has 0 aliphatic rings. The van der Waals surface area contributed by atoms with E-state index in [4.69, 9.17) is 17.7 Å². The largest absolute Gasteiger partial charge is 0.413 e. The highest BCUT2D eigenvalue weighted by Crippen LogP contribution is 2.39. The molecule has 0 amide bonds. The predicted octanol–water partition coefficient (Wildman–Crippen LogP) is 14.5. The van der Waals surface area contributed by atoms with Crippen LogP contribution in [0.4, 0.5) is 0 Å². The summed E-state index contributed by atoms with van der Waals surface area (Å²) in [6, 6.07) is 51.3. The fraction of sp³-hybridized carbons (Fsp3) is 0.354. The quantitative estimate of drug-likeness (QED) is 0.0619. The van der Waals surface area contributed by atoms with E-state index in [1.54, 1.807) is 0 Å². The zero-order chi connectivity index (χ0) is 53.3. The van der Waals surface area contributed by atoms with Gasteiger partial charge in [0.1, 0.15) is 0 Å². The Kier molecular flexibility index (Phi) is 18.3. The third kappa shape index (κ3) is 14.9. The normalized spacial score (nSPS) is 12.5. The first-order valence-corrected chi connectivity index (χ1v) is 36.6. The van der Waals surface area contributed by atoms with Crippen molar-refractivity contribution in [1.82, 2.24) is 0 Å². The van der Waals surface area contributed by atoms with Crippen molar-refractivity contribution in [1.29, 1.82) is 0 Å². The molecule has 380 valence electrons. The zero-order valence-corrected chi connectivity index (χ0v) is 50.8. The molecule has 0 bridgehead atoms. The van der Waals surface area contributed by atoms with E-state index >= 15 is 0 Å². The molecule has 0 aliphatic heterocycles. The molecular weight excluding hydrogens is 957 g/mol. The van der Waals surface area contributed by atoms with Crippen LogP contribution in [0.2, 0.25) is 54.4 Å². The average Bonchev–Trinajstić information content (AvgIpc) is 3.34. The minimum absolute atomic E-state index is 0.152. The molecule has 8 heteroatoms. The molecule has 73 heavy (non-hydrogen) atoms. The van der Waals surface area contributed by atoms with Gasteiger partial charge in [-0.3, -0.25) is 0 Å². The highest BCUT2D eigenvalue weighted by atomic mass is 28.4. The Morgan fingerprint density at radius 1 is 0.329 bits per heavy atom. The van der Waals surface area contributed by atoms with Crippen molar-refractivity contribution >= 4 is 48.8 Å². The Hall–Kier alpha value is -5.29. The average molecular weight is 1040 g/mol. The van der Waals surface area contributed by atoms with Crippen LogP contribution in [0.5, 0.6) is 0 Å². The van der Waals surface area contributed by atoms with Gasteiger partial charge in [-0.25, -0.2) is 0 Å². The Labute approximate surface area is 445 Å². The summed E-state index contributed by atoms with van der Waals surface area (Å²) in [4.78, 5) is 0. The molecule has 0 heterocycles. The lowest BCUT2D eigenvalue weighted by Crippen LogP contribution is -2.69. The Morgan fingerprint density at radius 3 is 0.808 bits per heavy atom. The second-order valence-electron chi connectivity index (χ2n) is 23.8. The summed E-state index contributed by atoms with van der Waals surface area (Å²) in [5.74, 6) is 20.6. The third-order valence-corrected chi connectivity index (χ3v) is 32.9. The minimum Gasteiger partial charge on any atom is -0.413 e. The lowest BCUT2D eigenvalue weighted by atomic mass is 10.1. The smallest absolute Gasteiger partial charge is 0.288 e. The molecule has 6 rings (SSSR count). The molecule has 4 nitrogen and oxygen atoms in total.